The van der Waals surface area contributed by atoms with Gasteiger partial charge in [0.25, 0.3) is 0 Å². The van der Waals surface area contributed by atoms with Gasteiger partial charge < -0.3 is 14.2 Å². The number of rotatable bonds is 10. The molecule has 1 aromatic heterocycles. The van der Waals surface area contributed by atoms with Crippen LogP contribution in [0.2, 0.25) is 5.02 Å². The minimum absolute atomic E-state index is 0.318. The van der Waals surface area contributed by atoms with Crippen LogP contribution in [0.5, 0.6) is 11.5 Å². The lowest BCUT2D eigenvalue weighted by molar-refractivity contribution is 0.184. The molecule has 0 aliphatic rings. The molecule has 0 aliphatic carbocycles. The average molecular weight is 591 g/mol. The largest absolute Gasteiger partial charge is 0.490 e. The Kier molecular flexibility index (Phi) is 9.51. The molecule has 1 N–H and O–H groups in total. The second-order valence-corrected chi connectivity index (χ2v) is 8.84. The summed E-state index contributed by atoms with van der Waals surface area (Å²) in [6, 6.07) is 15.3. The van der Waals surface area contributed by atoms with Gasteiger partial charge in [0.2, 0.25) is 0 Å². The molecule has 3 aromatic rings. The van der Waals surface area contributed by atoms with E-state index in [1.807, 2.05) is 56.3 Å². The molecule has 0 radical (unpaired) electrons. The first-order valence-electron chi connectivity index (χ1n) is 10.5. The molecule has 0 saturated carbocycles. The van der Waals surface area contributed by atoms with E-state index >= 15 is 0 Å². The monoisotopic (exact) mass is 590 g/mol. The second kappa shape index (κ2) is 12.6. The number of nitrogens with zero attached hydrogens (tertiary/aromatic N) is 3. The van der Waals surface area contributed by atoms with Gasteiger partial charge in [0.05, 0.1) is 23.0 Å². The minimum atomic E-state index is 0.318. The summed E-state index contributed by atoms with van der Waals surface area (Å²) >= 11 is 8.17. The molecular formula is C25H24ClIN4O3. The predicted molar refractivity (Wildman–Crippen MR) is 142 cm³/mol. The van der Waals surface area contributed by atoms with E-state index in [0.29, 0.717) is 47.7 Å². The second-order valence-electron chi connectivity index (χ2n) is 7.24. The van der Waals surface area contributed by atoms with E-state index < -0.39 is 0 Å². The number of hydrogen-bond donors (Lipinski definition) is 1. The lowest BCUT2D eigenvalue weighted by Gasteiger charge is -2.15. The number of anilines is 1. The van der Waals surface area contributed by atoms with E-state index in [9.17, 15) is 5.26 Å². The van der Waals surface area contributed by atoms with E-state index in [0.717, 1.165) is 26.0 Å². The summed E-state index contributed by atoms with van der Waals surface area (Å²) in [6.07, 6.45) is 1.65. The van der Waals surface area contributed by atoms with Crippen molar-refractivity contribution < 1.29 is 14.2 Å². The van der Waals surface area contributed by atoms with Crippen molar-refractivity contribution in [2.24, 2.45) is 5.10 Å². The minimum Gasteiger partial charge on any atom is -0.490 e. The van der Waals surface area contributed by atoms with Gasteiger partial charge in [0.15, 0.2) is 17.3 Å². The Morgan fingerprint density at radius 1 is 1.18 bits per heavy atom. The quantitative estimate of drug-likeness (QED) is 0.175. The molecule has 0 saturated heterocycles. The third-order valence-electron chi connectivity index (χ3n) is 4.65. The highest BCUT2D eigenvalue weighted by Crippen LogP contribution is 2.34. The van der Waals surface area contributed by atoms with Crippen LogP contribution in [0.15, 0.2) is 47.6 Å². The number of aromatic nitrogens is 1. The Labute approximate surface area is 217 Å². The number of pyridine rings is 1. The summed E-state index contributed by atoms with van der Waals surface area (Å²) in [6.45, 7) is 4.98. The van der Waals surface area contributed by atoms with Gasteiger partial charge >= 0.3 is 0 Å². The number of nitrogens with one attached hydrogen (secondary N) is 1. The maximum absolute atomic E-state index is 9.57. The molecule has 2 aromatic carbocycles. The van der Waals surface area contributed by atoms with Gasteiger partial charge in [-0.2, -0.15) is 10.4 Å². The molecule has 0 unspecified atom stereocenters. The maximum atomic E-state index is 9.57. The van der Waals surface area contributed by atoms with E-state index in [4.69, 9.17) is 25.8 Å². The van der Waals surface area contributed by atoms with Crippen molar-refractivity contribution in [3.05, 3.63) is 79.0 Å². The fourth-order valence-electron chi connectivity index (χ4n) is 3.19. The zero-order chi connectivity index (χ0) is 24.5. The zero-order valence-electron chi connectivity index (χ0n) is 19.1. The van der Waals surface area contributed by atoms with Crippen molar-refractivity contribution in [3.63, 3.8) is 0 Å². The number of benzene rings is 2. The van der Waals surface area contributed by atoms with Crippen LogP contribution in [0.3, 0.4) is 0 Å². The predicted octanol–water partition coefficient (Wildman–Crippen LogP) is 6.09. The zero-order valence-corrected chi connectivity index (χ0v) is 22.0. The first-order valence-corrected chi connectivity index (χ1v) is 11.9. The van der Waals surface area contributed by atoms with Gasteiger partial charge in [0, 0.05) is 23.4 Å². The van der Waals surface area contributed by atoms with Crippen molar-refractivity contribution in [3.8, 4) is 17.6 Å². The third kappa shape index (κ3) is 6.82. The summed E-state index contributed by atoms with van der Waals surface area (Å²) < 4.78 is 18.0. The van der Waals surface area contributed by atoms with Crippen molar-refractivity contribution in [2.75, 3.05) is 19.1 Å². The van der Waals surface area contributed by atoms with Crippen LogP contribution in [0.25, 0.3) is 0 Å². The summed E-state index contributed by atoms with van der Waals surface area (Å²) in [4.78, 5) is 4.40. The van der Waals surface area contributed by atoms with Crippen LogP contribution in [0.1, 0.15) is 34.9 Å². The van der Waals surface area contributed by atoms with Crippen LogP contribution in [0, 0.1) is 21.8 Å². The molecule has 0 bridgehead atoms. The lowest BCUT2D eigenvalue weighted by atomic mass is 10.1. The molecule has 0 spiro atoms. The summed E-state index contributed by atoms with van der Waals surface area (Å²) in [5, 5.41) is 14.5. The van der Waals surface area contributed by atoms with E-state index in [1.54, 1.807) is 13.3 Å². The van der Waals surface area contributed by atoms with Crippen LogP contribution < -0.4 is 14.9 Å². The van der Waals surface area contributed by atoms with E-state index in [-0.39, 0.29) is 0 Å². The summed E-state index contributed by atoms with van der Waals surface area (Å²) in [5.74, 6) is 1.67. The number of halogens is 2. The van der Waals surface area contributed by atoms with E-state index in [1.165, 1.54) is 0 Å². The molecule has 34 heavy (non-hydrogen) atoms. The van der Waals surface area contributed by atoms with Crippen molar-refractivity contribution in [1.29, 1.82) is 5.26 Å². The van der Waals surface area contributed by atoms with E-state index in [2.05, 4.69) is 44.2 Å². The highest BCUT2D eigenvalue weighted by atomic mass is 127. The number of hydrazone groups is 1. The third-order valence-corrected chi connectivity index (χ3v) is 5.71. The number of ether oxygens (including phenoxy) is 3. The van der Waals surface area contributed by atoms with Crippen LogP contribution in [-0.4, -0.2) is 24.9 Å². The van der Waals surface area contributed by atoms with Crippen LogP contribution in [-0.2, 0) is 18.0 Å². The highest BCUT2D eigenvalue weighted by molar-refractivity contribution is 14.1. The molecule has 0 amide bonds. The molecule has 176 valence electrons. The first-order chi connectivity index (χ1) is 16.4. The average Bonchev–Trinajstić information content (AvgIpc) is 2.80. The Morgan fingerprint density at radius 2 is 1.94 bits per heavy atom. The van der Waals surface area contributed by atoms with Crippen molar-refractivity contribution in [2.45, 2.75) is 27.1 Å². The van der Waals surface area contributed by atoms with Crippen LogP contribution >= 0.6 is 34.2 Å². The molecule has 3 rings (SSSR count). The molecule has 0 aliphatic heterocycles. The first kappa shape index (κ1) is 25.7. The molecular weight excluding hydrogens is 567 g/mol. The number of methoxy groups -OCH3 is 1. The van der Waals surface area contributed by atoms with Crippen molar-refractivity contribution >= 4 is 46.2 Å². The smallest absolute Gasteiger partial charge is 0.175 e. The Bertz CT molecular complexity index is 1210. The van der Waals surface area contributed by atoms with Crippen molar-refractivity contribution in [1.82, 2.24) is 4.98 Å². The van der Waals surface area contributed by atoms with Gasteiger partial charge in [0.1, 0.15) is 18.2 Å². The fraction of sp³-hybridized carbons (Fsp3) is 0.240. The van der Waals surface area contributed by atoms with Gasteiger partial charge in [-0.15, -0.1) is 0 Å². The van der Waals surface area contributed by atoms with Gasteiger partial charge in [-0.1, -0.05) is 23.7 Å². The van der Waals surface area contributed by atoms with Gasteiger partial charge in [-0.25, -0.2) is 4.98 Å². The number of hydrogen-bond acceptors (Lipinski definition) is 7. The summed E-state index contributed by atoms with van der Waals surface area (Å²) in [7, 11) is 1.59. The van der Waals surface area contributed by atoms with Crippen LogP contribution in [0.4, 0.5) is 5.82 Å². The van der Waals surface area contributed by atoms with Gasteiger partial charge in [-0.05, 0) is 77.9 Å². The maximum Gasteiger partial charge on any atom is 0.175 e. The standard InChI is InChI=1S/C25H24ClIN4O3/c1-4-33-23-11-18(10-22(27)24(23)34-14-17-5-7-20(26)8-6-17)13-29-31-25-21(12-28)19(15-32-3)9-16(2)30-25/h5-11,13H,4,14-15H2,1-3H3,(H,30,31)/b29-13-. The topological polar surface area (TPSA) is 88.8 Å². The number of aryl methyl sites for hydroxylation is 1. The molecule has 9 heteroatoms. The lowest BCUT2D eigenvalue weighted by Crippen LogP contribution is -2.04. The van der Waals surface area contributed by atoms with Gasteiger partial charge in [-0.3, -0.25) is 5.43 Å². The molecule has 0 fully saturated rings. The highest BCUT2D eigenvalue weighted by Gasteiger charge is 2.13. The molecule has 0 atom stereocenters. The Morgan fingerprint density at radius 3 is 2.62 bits per heavy atom. The normalized spacial score (nSPS) is 10.8. The Hall–Kier alpha value is -2.87. The molecule has 7 nitrogen and oxygen atoms in total. The number of nitriles is 1. The SMILES string of the molecule is CCOc1cc(/C=N\Nc2nc(C)cc(COC)c2C#N)cc(I)c1OCc1ccc(Cl)cc1. The molecule has 1 heterocycles. The summed E-state index contributed by atoms with van der Waals surface area (Å²) in [5.41, 5.74) is 6.62. The fourth-order valence-corrected chi connectivity index (χ4v) is 4.09. The Balaban J connectivity index is 1.80.